The lowest BCUT2D eigenvalue weighted by atomic mass is 10.2. The van der Waals surface area contributed by atoms with Crippen LogP contribution in [-0.4, -0.2) is 0 Å². The molecule has 0 aliphatic heterocycles. The summed E-state index contributed by atoms with van der Waals surface area (Å²) in [5, 5.41) is 0.935. The Balaban J connectivity index is 1.90. The van der Waals surface area contributed by atoms with Gasteiger partial charge >= 0.3 is 5.63 Å². The van der Waals surface area contributed by atoms with Crippen LogP contribution in [0, 0.1) is 13.8 Å². The summed E-state index contributed by atoms with van der Waals surface area (Å²) in [6, 6.07) is 26.7. The highest BCUT2D eigenvalue weighted by Crippen LogP contribution is 2.33. The van der Waals surface area contributed by atoms with Crippen LogP contribution in [0.3, 0.4) is 0 Å². The largest absolute Gasteiger partial charge is 0.423 e. The van der Waals surface area contributed by atoms with Crippen LogP contribution in [0.4, 0.5) is 0 Å². The molecule has 0 aliphatic carbocycles. The molecule has 0 saturated carbocycles. The van der Waals surface area contributed by atoms with Crippen molar-refractivity contribution in [2.24, 2.45) is 0 Å². The van der Waals surface area contributed by atoms with E-state index in [1.54, 1.807) is 6.07 Å². The van der Waals surface area contributed by atoms with Gasteiger partial charge in [0.25, 0.3) is 0 Å². The molecule has 4 rings (SSSR count). The average molecular weight is 359 g/mol. The van der Waals surface area contributed by atoms with Gasteiger partial charge in [-0.3, -0.25) is 0 Å². The molecule has 0 N–H and O–H groups in total. The van der Waals surface area contributed by atoms with Gasteiger partial charge in [0, 0.05) is 17.5 Å². The van der Waals surface area contributed by atoms with E-state index in [1.165, 1.54) is 27.0 Å². The Hall–Kier alpha value is -2.78. The van der Waals surface area contributed by atoms with Gasteiger partial charge in [0.15, 0.2) is 14.7 Å². The van der Waals surface area contributed by atoms with Crippen molar-refractivity contribution in [3.8, 4) is 0 Å². The van der Waals surface area contributed by atoms with Gasteiger partial charge in [-0.05, 0) is 56.3 Å². The summed E-state index contributed by atoms with van der Waals surface area (Å²) in [5.41, 5.74) is 2.79. The maximum absolute atomic E-state index is 11.6. The van der Waals surface area contributed by atoms with Crippen LogP contribution in [0.25, 0.3) is 11.0 Å². The van der Waals surface area contributed by atoms with Crippen LogP contribution in [-0.2, 0) is 10.9 Å². The zero-order chi connectivity index (χ0) is 18.1. The van der Waals surface area contributed by atoms with Gasteiger partial charge in [-0.2, -0.15) is 0 Å². The number of aryl methyl sites for hydroxylation is 2. The lowest BCUT2D eigenvalue weighted by Crippen LogP contribution is -2.05. The van der Waals surface area contributed by atoms with Crippen molar-refractivity contribution in [3.63, 3.8) is 0 Å². The normalized spacial score (nSPS) is 11.2. The number of hydrogen-bond acceptors (Lipinski definition) is 2. The first-order valence-electron chi connectivity index (χ1n) is 8.52. The molecule has 3 heteroatoms. The fourth-order valence-corrected chi connectivity index (χ4v) is 4.99. The summed E-state index contributed by atoms with van der Waals surface area (Å²) >= 11 is 0. The molecule has 0 saturated heterocycles. The molecule has 0 atom stereocenters. The first-order chi connectivity index (χ1) is 12.6. The molecule has 0 unspecified atom stereocenters. The Morgan fingerprint density at radius 3 is 1.73 bits per heavy atom. The van der Waals surface area contributed by atoms with Crippen molar-refractivity contribution < 1.29 is 4.42 Å². The monoisotopic (exact) mass is 359 g/mol. The highest BCUT2D eigenvalue weighted by molar-refractivity contribution is 7.97. The van der Waals surface area contributed by atoms with Crippen LogP contribution >= 0.6 is 0 Å². The Labute approximate surface area is 155 Å². The summed E-state index contributed by atoms with van der Waals surface area (Å²) in [6.45, 7) is 4.19. The molecule has 26 heavy (non-hydrogen) atoms. The Morgan fingerprint density at radius 1 is 0.654 bits per heavy atom. The van der Waals surface area contributed by atoms with E-state index in [0.29, 0.717) is 5.58 Å². The maximum atomic E-state index is 11.6. The predicted molar refractivity (Wildman–Crippen MR) is 107 cm³/mol. The molecule has 128 valence electrons. The molecule has 0 bridgehead atoms. The van der Waals surface area contributed by atoms with Gasteiger partial charge in [-0.15, -0.1) is 0 Å². The van der Waals surface area contributed by atoms with E-state index in [1.807, 2.05) is 12.1 Å². The molecule has 2 nitrogen and oxygen atoms in total. The minimum Gasteiger partial charge on any atom is -0.423 e. The van der Waals surface area contributed by atoms with Crippen molar-refractivity contribution in [1.29, 1.82) is 0 Å². The molecular formula is C23H19O2S+. The number of hydrogen-bond donors (Lipinski definition) is 0. The Morgan fingerprint density at radius 2 is 1.15 bits per heavy atom. The first kappa shape index (κ1) is 16.7. The van der Waals surface area contributed by atoms with Crippen LogP contribution < -0.4 is 5.63 Å². The number of fused-ring (bicyclic) bond motifs is 1. The van der Waals surface area contributed by atoms with E-state index in [9.17, 15) is 4.79 Å². The van der Waals surface area contributed by atoms with E-state index in [-0.39, 0.29) is 16.5 Å². The standard InChI is InChI=1S/C23H19O2S/c1-16-3-9-19(10-4-16)26(20-11-5-17(2)6-12-20)21-13-7-18-8-14-23(24)25-22(18)15-21/h3-15H,1-2H3/q+1. The highest BCUT2D eigenvalue weighted by atomic mass is 32.2. The molecule has 3 aromatic carbocycles. The lowest BCUT2D eigenvalue weighted by Gasteiger charge is -2.09. The van der Waals surface area contributed by atoms with E-state index in [2.05, 4.69) is 68.4 Å². The first-order valence-corrected chi connectivity index (χ1v) is 9.74. The zero-order valence-electron chi connectivity index (χ0n) is 14.7. The fraction of sp³-hybridized carbons (Fsp3) is 0.0870. The molecule has 4 aromatic rings. The Kier molecular flexibility index (Phi) is 4.39. The highest BCUT2D eigenvalue weighted by Gasteiger charge is 2.29. The molecule has 0 aliphatic rings. The van der Waals surface area contributed by atoms with Crippen molar-refractivity contribution in [3.05, 3.63) is 100 Å². The van der Waals surface area contributed by atoms with Crippen molar-refractivity contribution in [2.75, 3.05) is 0 Å². The third-order valence-corrected chi connectivity index (χ3v) is 6.56. The molecule has 1 aromatic heterocycles. The van der Waals surface area contributed by atoms with Crippen LogP contribution in [0.5, 0.6) is 0 Å². The van der Waals surface area contributed by atoms with E-state index < -0.39 is 0 Å². The van der Waals surface area contributed by atoms with Crippen LogP contribution in [0.2, 0.25) is 0 Å². The van der Waals surface area contributed by atoms with E-state index in [0.717, 1.165) is 10.3 Å². The number of rotatable bonds is 3. The molecular weight excluding hydrogens is 340 g/mol. The van der Waals surface area contributed by atoms with Crippen LogP contribution in [0.1, 0.15) is 11.1 Å². The number of benzene rings is 3. The SMILES string of the molecule is Cc1ccc([S+](c2ccc(C)cc2)c2ccc3ccc(=O)oc3c2)cc1. The molecule has 1 heterocycles. The second-order valence-corrected chi connectivity index (χ2v) is 8.41. The second kappa shape index (κ2) is 6.85. The van der Waals surface area contributed by atoms with Crippen molar-refractivity contribution >= 4 is 21.9 Å². The molecule has 0 radical (unpaired) electrons. The maximum Gasteiger partial charge on any atom is 0.336 e. The van der Waals surface area contributed by atoms with Gasteiger partial charge in [0.1, 0.15) is 5.58 Å². The van der Waals surface area contributed by atoms with Gasteiger partial charge in [-0.25, -0.2) is 4.79 Å². The predicted octanol–water partition coefficient (Wildman–Crippen LogP) is 5.51. The zero-order valence-corrected chi connectivity index (χ0v) is 15.5. The van der Waals surface area contributed by atoms with Gasteiger partial charge in [0.2, 0.25) is 0 Å². The summed E-state index contributed by atoms with van der Waals surface area (Å²) in [6.07, 6.45) is 0. The van der Waals surface area contributed by atoms with Gasteiger partial charge < -0.3 is 4.42 Å². The van der Waals surface area contributed by atoms with Gasteiger partial charge in [0.05, 0.1) is 10.9 Å². The average Bonchev–Trinajstić information content (AvgIpc) is 2.65. The summed E-state index contributed by atoms with van der Waals surface area (Å²) in [7, 11) is -0.256. The third-order valence-electron chi connectivity index (χ3n) is 4.34. The summed E-state index contributed by atoms with van der Waals surface area (Å²) < 4.78 is 5.41. The van der Waals surface area contributed by atoms with Gasteiger partial charge in [-0.1, -0.05) is 35.4 Å². The smallest absolute Gasteiger partial charge is 0.336 e. The van der Waals surface area contributed by atoms with E-state index >= 15 is 0 Å². The Bertz CT molecular complexity index is 1060. The topological polar surface area (TPSA) is 30.2 Å². The summed E-state index contributed by atoms with van der Waals surface area (Å²) in [4.78, 5) is 15.2. The van der Waals surface area contributed by atoms with Crippen LogP contribution in [0.15, 0.2) is 103 Å². The van der Waals surface area contributed by atoms with Crippen molar-refractivity contribution in [2.45, 2.75) is 28.5 Å². The fourth-order valence-electron chi connectivity index (χ4n) is 2.92. The molecule has 0 spiro atoms. The molecule has 0 amide bonds. The van der Waals surface area contributed by atoms with Crippen molar-refractivity contribution in [1.82, 2.24) is 0 Å². The quantitative estimate of drug-likeness (QED) is 0.357. The second-order valence-electron chi connectivity index (χ2n) is 6.39. The van der Waals surface area contributed by atoms with E-state index in [4.69, 9.17) is 4.42 Å². The summed E-state index contributed by atoms with van der Waals surface area (Å²) in [5.74, 6) is 0. The minimum atomic E-state index is -0.319. The lowest BCUT2D eigenvalue weighted by molar-refractivity contribution is 0.560. The third kappa shape index (κ3) is 3.31. The molecule has 0 fully saturated rings. The minimum absolute atomic E-state index is 0.256.